The van der Waals surface area contributed by atoms with Gasteiger partial charge in [0, 0.05) is 11.1 Å². The third-order valence-electron chi connectivity index (χ3n) is 2.87. The number of halogens is 1. The molecule has 2 aromatic rings. The van der Waals surface area contributed by atoms with E-state index in [1.165, 1.54) is 0 Å². The van der Waals surface area contributed by atoms with Crippen LogP contribution in [0.5, 0.6) is 5.75 Å². The average Bonchev–Trinajstić information content (AvgIpc) is 2.60. The minimum absolute atomic E-state index is 0.713. The van der Waals surface area contributed by atoms with E-state index in [0.29, 0.717) is 5.03 Å². The summed E-state index contributed by atoms with van der Waals surface area (Å²) in [5.74, 6) is 0.782. The highest BCUT2D eigenvalue weighted by molar-refractivity contribution is 6.53. The summed E-state index contributed by atoms with van der Waals surface area (Å²) < 4.78 is 5.56. The third-order valence-corrected chi connectivity index (χ3v) is 3.28. The van der Waals surface area contributed by atoms with Crippen LogP contribution in [0.15, 0.2) is 66.9 Å². The number of benzene rings is 2. The van der Waals surface area contributed by atoms with E-state index in [-0.39, 0.29) is 0 Å². The van der Waals surface area contributed by atoms with E-state index in [1.807, 2.05) is 60.7 Å². The highest BCUT2D eigenvalue weighted by atomic mass is 35.5. The molecule has 1 nitrogen and oxygen atoms in total. The topological polar surface area (TPSA) is 9.23 Å². The van der Waals surface area contributed by atoms with Crippen molar-refractivity contribution in [3.8, 4) is 5.75 Å². The number of fused-ring (bicyclic) bond motifs is 1. The van der Waals surface area contributed by atoms with Crippen LogP contribution in [0.25, 0.3) is 10.6 Å². The number of rotatable bonds is 1. The number of para-hydroxylation sites is 1. The van der Waals surface area contributed by atoms with Crippen molar-refractivity contribution in [1.82, 2.24) is 0 Å². The molecule has 0 aliphatic carbocycles. The van der Waals surface area contributed by atoms with Crippen LogP contribution in [0.4, 0.5) is 0 Å². The molecule has 3 rings (SSSR count). The lowest BCUT2D eigenvalue weighted by molar-refractivity contribution is 0.481. The Bertz CT molecular complexity index is 627. The number of hydrogen-bond donors (Lipinski definition) is 0. The summed E-state index contributed by atoms with van der Waals surface area (Å²) in [7, 11) is 0. The third kappa shape index (κ3) is 1.93. The van der Waals surface area contributed by atoms with E-state index in [0.717, 1.165) is 22.4 Å². The van der Waals surface area contributed by atoms with Crippen molar-refractivity contribution in [3.05, 3.63) is 78.1 Å². The second kappa shape index (κ2) is 4.71. The summed E-state index contributed by atoms with van der Waals surface area (Å²) >= 11 is 6.50. The Hall–Kier alpha value is -1.99. The maximum absolute atomic E-state index is 6.50. The number of hydrogen-bond acceptors (Lipinski definition) is 1. The van der Waals surface area contributed by atoms with Crippen molar-refractivity contribution >= 4 is 22.2 Å². The van der Waals surface area contributed by atoms with Gasteiger partial charge in [-0.25, -0.2) is 0 Å². The number of ether oxygens (including phenoxy) is 1. The molecule has 88 valence electrons. The van der Waals surface area contributed by atoms with Gasteiger partial charge in [-0.15, -0.1) is 0 Å². The largest absolute Gasteiger partial charge is 0.464 e. The van der Waals surface area contributed by atoms with Gasteiger partial charge in [-0.1, -0.05) is 54.1 Å². The van der Waals surface area contributed by atoms with Crippen LogP contribution in [0.3, 0.4) is 0 Å². The van der Waals surface area contributed by atoms with Crippen LogP contribution >= 0.6 is 11.6 Å². The van der Waals surface area contributed by atoms with Gasteiger partial charge in [0.15, 0.2) is 0 Å². The number of allylic oxidation sites excluding steroid dienone is 2. The Morgan fingerprint density at radius 2 is 1.56 bits per heavy atom. The van der Waals surface area contributed by atoms with Crippen molar-refractivity contribution < 1.29 is 4.74 Å². The normalized spacial score (nSPS) is 13.8. The fourth-order valence-electron chi connectivity index (χ4n) is 1.99. The van der Waals surface area contributed by atoms with Crippen LogP contribution in [-0.4, -0.2) is 0 Å². The lowest BCUT2D eigenvalue weighted by Gasteiger charge is -2.07. The van der Waals surface area contributed by atoms with Crippen molar-refractivity contribution in [1.29, 1.82) is 0 Å². The molecule has 0 atom stereocenters. The minimum atomic E-state index is 0.713. The fourth-order valence-corrected chi connectivity index (χ4v) is 2.31. The molecular formula is C16H11ClO. The molecule has 0 aromatic heterocycles. The summed E-state index contributed by atoms with van der Waals surface area (Å²) in [5, 5.41) is 0.713. The summed E-state index contributed by atoms with van der Waals surface area (Å²) in [6.45, 7) is 0. The van der Waals surface area contributed by atoms with E-state index in [2.05, 4.69) is 0 Å². The van der Waals surface area contributed by atoms with E-state index >= 15 is 0 Å². The molecule has 1 aliphatic rings. The predicted molar refractivity (Wildman–Crippen MR) is 75.3 cm³/mol. The molecule has 0 saturated carbocycles. The summed E-state index contributed by atoms with van der Waals surface area (Å²) in [6.07, 6.45) is 3.58. The maximum Gasteiger partial charge on any atom is 0.135 e. The van der Waals surface area contributed by atoms with E-state index in [1.54, 1.807) is 6.26 Å². The van der Waals surface area contributed by atoms with Gasteiger partial charge in [0.05, 0.1) is 11.3 Å². The van der Waals surface area contributed by atoms with Crippen LogP contribution in [0.1, 0.15) is 11.1 Å². The predicted octanol–water partition coefficient (Wildman–Crippen LogP) is 4.70. The molecule has 0 fully saturated rings. The Labute approximate surface area is 111 Å². The first-order chi connectivity index (χ1) is 8.86. The zero-order valence-electron chi connectivity index (χ0n) is 9.64. The van der Waals surface area contributed by atoms with E-state index in [4.69, 9.17) is 16.3 Å². The molecule has 2 heteroatoms. The maximum atomic E-state index is 6.50. The van der Waals surface area contributed by atoms with E-state index < -0.39 is 0 Å². The van der Waals surface area contributed by atoms with Gasteiger partial charge >= 0.3 is 0 Å². The van der Waals surface area contributed by atoms with E-state index in [9.17, 15) is 0 Å². The van der Waals surface area contributed by atoms with Crippen molar-refractivity contribution in [2.75, 3.05) is 0 Å². The Kier molecular flexibility index (Phi) is 2.91. The summed E-state index contributed by atoms with van der Waals surface area (Å²) in [4.78, 5) is 0. The van der Waals surface area contributed by atoms with Gasteiger partial charge in [0.25, 0.3) is 0 Å². The first kappa shape index (κ1) is 11.1. The molecule has 0 N–H and O–H groups in total. The first-order valence-electron chi connectivity index (χ1n) is 5.74. The molecule has 0 bridgehead atoms. The molecule has 0 saturated heterocycles. The zero-order chi connectivity index (χ0) is 12.4. The van der Waals surface area contributed by atoms with Gasteiger partial charge in [-0.2, -0.15) is 0 Å². The second-order valence-electron chi connectivity index (χ2n) is 4.01. The molecule has 0 spiro atoms. The Morgan fingerprint density at radius 3 is 2.39 bits per heavy atom. The van der Waals surface area contributed by atoms with Crippen LogP contribution in [0, 0.1) is 0 Å². The van der Waals surface area contributed by atoms with Crippen molar-refractivity contribution in [3.63, 3.8) is 0 Å². The van der Waals surface area contributed by atoms with Crippen LogP contribution in [0.2, 0.25) is 0 Å². The van der Waals surface area contributed by atoms with Gasteiger partial charge in [0.2, 0.25) is 0 Å². The highest BCUT2D eigenvalue weighted by Gasteiger charge is 2.14. The van der Waals surface area contributed by atoms with Crippen LogP contribution in [-0.2, 0) is 0 Å². The molecule has 2 aromatic carbocycles. The smallest absolute Gasteiger partial charge is 0.135 e. The molecular weight excluding hydrogens is 244 g/mol. The quantitative estimate of drug-likeness (QED) is 0.717. The molecule has 0 amide bonds. The summed E-state index contributed by atoms with van der Waals surface area (Å²) in [5.41, 5.74) is 2.98. The molecule has 1 heterocycles. The fraction of sp³-hybridized carbons (Fsp3) is 0. The van der Waals surface area contributed by atoms with Gasteiger partial charge in [-0.05, 0) is 23.8 Å². The van der Waals surface area contributed by atoms with Crippen molar-refractivity contribution in [2.45, 2.75) is 0 Å². The highest BCUT2D eigenvalue weighted by Crippen LogP contribution is 2.37. The molecule has 0 unspecified atom stereocenters. The standard InChI is InChI=1S/C16H11ClO/c17-16-13(12-6-2-1-3-7-12)10-11-18-15-9-5-4-8-14(15)16/h1-11H. The van der Waals surface area contributed by atoms with Gasteiger partial charge in [0.1, 0.15) is 5.75 Å². The lowest BCUT2D eigenvalue weighted by atomic mass is 10.0. The molecule has 1 aliphatic heterocycles. The van der Waals surface area contributed by atoms with Crippen molar-refractivity contribution in [2.24, 2.45) is 0 Å². The Balaban J connectivity index is 2.20. The second-order valence-corrected chi connectivity index (χ2v) is 4.39. The molecule has 0 radical (unpaired) electrons. The van der Waals surface area contributed by atoms with Gasteiger partial charge in [-0.3, -0.25) is 0 Å². The first-order valence-corrected chi connectivity index (χ1v) is 6.12. The average molecular weight is 255 g/mol. The Morgan fingerprint density at radius 1 is 0.833 bits per heavy atom. The monoisotopic (exact) mass is 254 g/mol. The lowest BCUT2D eigenvalue weighted by Crippen LogP contribution is -1.86. The molecule has 18 heavy (non-hydrogen) atoms. The summed E-state index contributed by atoms with van der Waals surface area (Å²) in [6, 6.07) is 17.8. The van der Waals surface area contributed by atoms with Gasteiger partial charge < -0.3 is 4.74 Å². The minimum Gasteiger partial charge on any atom is -0.464 e. The SMILES string of the molecule is ClC1=C(c2ccccc2)C=COc2ccccc21. The zero-order valence-corrected chi connectivity index (χ0v) is 10.4. The van der Waals surface area contributed by atoms with Crippen LogP contribution < -0.4 is 4.74 Å².